The van der Waals surface area contributed by atoms with Gasteiger partial charge in [-0.3, -0.25) is 0 Å². The van der Waals surface area contributed by atoms with Crippen LogP contribution in [0.15, 0.2) is 30.6 Å². The highest BCUT2D eigenvalue weighted by atomic mass is 35.5. The van der Waals surface area contributed by atoms with Crippen LogP contribution in [-0.4, -0.2) is 38.8 Å². The maximum absolute atomic E-state index is 12.0. The highest BCUT2D eigenvalue weighted by Crippen LogP contribution is 2.18. The third-order valence-corrected chi connectivity index (χ3v) is 4.96. The van der Waals surface area contributed by atoms with E-state index in [1.807, 2.05) is 28.8 Å². The summed E-state index contributed by atoms with van der Waals surface area (Å²) in [6.07, 6.45) is 3.68. The first-order valence-electron chi connectivity index (χ1n) is 10.7. The lowest BCUT2D eigenvalue weighted by molar-refractivity contribution is 0.143. The van der Waals surface area contributed by atoms with Crippen molar-refractivity contribution in [1.82, 2.24) is 24.8 Å². The Labute approximate surface area is 192 Å². The van der Waals surface area contributed by atoms with Crippen LogP contribution in [0.2, 0.25) is 5.28 Å². The van der Waals surface area contributed by atoms with E-state index in [0.29, 0.717) is 49.8 Å². The molecule has 0 aliphatic rings. The van der Waals surface area contributed by atoms with Gasteiger partial charge in [-0.2, -0.15) is 9.97 Å². The minimum atomic E-state index is -0.448. The Bertz CT molecular complexity index is 1040. The molecule has 0 bridgehead atoms. The number of alkyl carbamates (subject to hydrolysis) is 1. The number of aryl methyl sites for hydroxylation is 1. The maximum atomic E-state index is 12.0. The highest BCUT2D eigenvalue weighted by Gasteiger charge is 2.10. The van der Waals surface area contributed by atoms with Crippen LogP contribution in [0.25, 0.3) is 11.2 Å². The third-order valence-electron chi connectivity index (χ3n) is 4.79. The van der Waals surface area contributed by atoms with Gasteiger partial charge in [0.1, 0.15) is 11.3 Å². The molecule has 0 aliphatic carbocycles. The molecule has 0 fully saturated rings. The van der Waals surface area contributed by atoms with Gasteiger partial charge in [0.05, 0.1) is 19.5 Å². The predicted molar refractivity (Wildman–Crippen MR) is 124 cm³/mol. The van der Waals surface area contributed by atoms with E-state index in [0.717, 1.165) is 24.2 Å². The van der Waals surface area contributed by atoms with E-state index >= 15 is 0 Å². The number of anilines is 1. The molecular formula is C22H29ClN6O3. The molecule has 0 saturated heterocycles. The molecule has 0 radical (unpaired) electrons. The number of imidazole rings is 1. The van der Waals surface area contributed by atoms with Crippen molar-refractivity contribution < 1.29 is 14.3 Å². The third kappa shape index (κ3) is 6.98. The number of nitrogen functional groups attached to an aromatic ring is 1. The number of ether oxygens (including phenoxy) is 2. The summed E-state index contributed by atoms with van der Waals surface area (Å²) in [4.78, 5) is 24.3. The van der Waals surface area contributed by atoms with Gasteiger partial charge in [0.15, 0.2) is 11.5 Å². The second-order valence-electron chi connectivity index (χ2n) is 7.86. The van der Waals surface area contributed by atoms with Gasteiger partial charge < -0.3 is 25.1 Å². The van der Waals surface area contributed by atoms with Crippen molar-refractivity contribution >= 4 is 34.7 Å². The van der Waals surface area contributed by atoms with Crippen LogP contribution in [0.4, 0.5) is 10.6 Å². The number of carbonyl (C=O) groups is 1. The second kappa shape index (κ2) is 11.5. The van der Waals surface area contributed by atoms with Crippen LogP contribution in [0.5, 0.6) is 5.75 Å². The summed E-state index contributed by atoms with van der Waals surface area (Å²) in [5.74, 6) is 1.66. The number of nitrogens with zero attached hydrogens (tertiary/aromatic N) is 4. The van der Waals surface area contributed by atoms with Crippen LogP contribution in [0.1, 0.15) is 38.7 Å². The van der Waals surface area contributed by atoms with Crippen molar-refractivity contribution in [2.75, 3.05) is 18.9 Å². The number of aromatic nitrogens is 4. The van der Waals surface area contributed by atoms with Gasteiger partial charge in [-0.25, -0.2) is 9.78 Å². The lowest BCUT2D eigenvalue weighted by Crippen LogP contribution is -2.24. The Kier molecular flexibility index (Phi) is 8.49. The highest BCUT2D eigenvalue weighted by molar-refractivity contribution is 6.28. The SMILES string of the molecule is CC(C)CCOc1cccc(CNC(=O)OCCCCn2cnc3c(N)nc(Cl)nc32)c1. The second-order valence-corrected chi connectivity index (χ2v) is 8.20. The Hall–Kier alpha value is -3.07. The van der Waals surface area contributed by atoms with E-state index in [2.05, 4.69) is 34.1 Å². The number of halogens is 1. The summed E-state index contributed by atoms with van der Waals surface area (Å²) in [5, 5.41) is 2.85. The number of rotatable bonds is 11. The Balaban J connectivity index is 1.35. The molecule has 1 aromatic carbocycles. The van der Waals surface area contributed by atoms with Crippen molar-refractivity contribution in [2.45, 2.75) is 46.2 Å². The summed E-state index contributed by atoms with van der Waals surface area (Å²) in [6, 6.07) is 7.70. The number of nitrogens with two attached hydrogens (primary N) is 1. The minimum Gasteiger partial charge on any atom is -0.494 e. The molecule has 0 unspecified atom stereocenters. The summed E-state index contributed by atoms with van der Waals surface area (Å²) >= 11 is 5.87. The van der Waals surface area contributed by atoms with E-state index in [1.54, 1.807) is 6.33 Å². The van der Waals surface area contributed by atoms with Gasteiger partial charge in [0.25, 0.3) is 0 Å². The van der Waals surface area contributed by atoms with Gasteiger partial charge >= 0.3 is 6.09 Å². The van der Waals surface area contributed by atoms with Crippen LogP contribution < -0.4 is 15.8 Å². The van der Waals surface area contributed by atoms with E-state index in [1.165, 1.54) is 0 Å². The average molecular weight is 461 g/mol. The molecule has 0 aliphatic heterocycles. The summed E-state index contributed by atoms with van der Waals surface area (Å²) in [5.41, 5.74) is 7.88. The number of fused-ring (bicyclic) bond motifs is 1. The standard InChI is InChI=1S/C22H29ClN6O3/c1-15(2)8-11-31-17-7-5-6-16(12-17)13-25-22(30)32-10-4-3-9-29-14-26-18-19(24)27-21(23)28-20(18)29/h5-7,12,14-15H,3-4,8-11,13H2,1-2H3,(H,25,30)(H2,24,27,28). The number of amides is 1. The van der Waals surface area contributed by atoms with Gasteiger partial charge in [-0.1, -0.05) is 26.0 Å². The zero-order valence-electron chi connectivity index (χ0n) is 18.4. The van der Waals surface area contributed by atoms with Crippen molar-refractivity contribution in [1.29, 1.82) is 0 Å². The van der Waals surface area contributed by atoms with Crippen molar-refractivity contribution in [3.8, 4) is 5.75 Å². The van der Waals surface area contributed by atoms with Crippen LogP contribution >= 0.6 is 11.6 Å². The number of hydrogen-bond donors (Lipinski definition) is 2. The zero-order chi connectivity index (χ0) is 22.9. The molecule has 10 heteroatoms. The zero-order valence-corrected chi connectivity index (χ0v) is 19.1. The molecule has 3 aromatic rings. The molecule has 0 saturated carbocycles. The fourth-order valence-electron chi connectivity index (χ4n) is 3.03. The smallest absolute Gasteiger partial charge is 0.407 e. The van der Waals surface area contributed by atoms with Crippen molar-refractivity contribution in [2.24, 2.45) is 5.92 Å². The van der Waals surface area contributed by atoms with Crippen molar-refractivity contribution in [3.63, 3.8) is 0 Å². The molecule has 9 nitrogen and oxygen atoms in total. The molecule has 2 heterocycles. The lowest BCUT2D eigenvalue weighted by atomic mass is 10.1. The maximum Gasteiger partial charge on any atom is 0.407 e. The molecule has 3 rings (SSSR count). The number of benzene rings is 1. The van der Waals surface area contributed by atoms with Gasteiger partial charge in [0.2, 0.25) is 5.28 Å². The quantitative estimate of drug-likeness (QED) is 0.325. The Morgan fingerprint density at radius 3 is 2.91 bits per heavy atom. The largest absolute Gasteiger partial charge is 0.494 e. The first kappa shape index (κ1) is 23.6. The minimum absolute atomic E-state index is 0.0874. The van der Waals surface area contributed by atoms with Crippen LogP contribution in [-0.2, 0) is 17.8 Å². The normalized spacial score (nSPS) is 11.1. The van der Waals surface area contributed by atoms with Gasteiger partial charge in [0, 0.05) is 13.1 Å². The number of carbonyl (C=O) groups excluding carboxylic acids is 1. The predicted octanol–water partition coefficient (Wildman–Crippen LogP) is 4.19. The first-order chi connectivity index (χ1) is 15.4. The molecule has 1 amide bonds. The van der Waals surface area contributed by atoms with E-state index in [-0.39, 0.29) is 11.1 Å². The van der Waals surface area contributed by atoms with Crippen LogP contribution in [0, 0.1) is 5.92 Å². The number of hydrogen-bond acceptors (Lipinski definition) is 7. The lowest BCUT2D eigenvalue weighted by Gasteiger charge is -2.10. The first-order valence-corrected chi connectivity index (χ1v) is 11.1. The molecule has 2 aromatic heterocycles. The average Bonchev–Trinajstić information content (AvgIpc) is 3.15. The monoisotopic (exact) mass is 460 g/mol. The fraction of sp³-hybridized carbons (Fsp3) is 0.455. The molecule has 0 atom stereocenters. The Morgan fingerprint density at radius 2 is 2.09 bits per heavy atom. The fourth-order valence-corrected chi connectivity index (χ4v) is 3.21. The molecule has 32 heavy (non-hydrogen) atoms. The number of nitrogens with one attached hydrogen (secondary N) is 1. The number of unbranched alkanes of at least 4 members (excludes halogenated alkanes) is 1. The molecular weight excluding hydrogens is 432 g/mol. The summed E-state index contributed by atoms with van der Waals surface area (Å²) < 4.78 is 12.9. The van der Waals surface area contributed by atoms with E-state index < -0.39 is 6.09 Å². The van der Waals surface area contributed by atoms with Crippen molar-refractivity contribution in [3.05, 3.63) is 41.4 Å². The van der Waals surface area contributed by atoms with Crippen LogP contribution in [0.3, 0.4) is 0 Å². The van der Waals surface area contributed by atoms with E-state index in [9.17, 15) is 4.79 Å². The molecule has 3 N–H and O–H groups in total. The van der Waals surface area contributed by atoms with E-state index in [4.69, 9.17) is 26.8 Å². The van der Waals surface area contributed by atoms with Gasteiger partial charge in [-0.15, -0.1) is 0 Å². The topological polar surface area (TPSA) is 117 Å². The summed E-state index contributed by atoms with van der Waals surface area (Å²) in [7, 11) is 0. The molecule has 0 spiro atoms. The Morgan fingerprint density at radius 1 is 1.25 bits per heavy atom. The van der Waals surface area contributed by atoms with Gasteiger partial charge in [-0.05, 0) is 54.5 Å². The molecule has 172 valence electrons. The summed E-state index contributed by atoms with van der Waals surface area (Å²) in [6.45, 7) is 6.35.